The predicted molar refractivity (Wildman–Crippen MR) is 81.4 cm³/mol. The molecule has 0 unspecified atom stereocenters. The molecule has 113 valence electrons. The highest BCUT2D eigenvalue weighted by Gasteiger charge is 2.10. The Morgan fingerprint density at radius 1 is 1.25 bits per heavy atom. The van der Waals surface area contributed by atoms with Gasteiger partial charge in [-0.2, -0.15) is 0 Å². The van der Waals surface area contributed by atoms with E-state index in [1.54, 1.807) is 0 Å². The monoisotopic (exact) mass is 278 g/mol. The molecule has 1 radical (unpaired) electrons. The molecule has 1 rings (SSSR count). The van der Waals surface area contributed by atoms with Crippen LogP contribution in [0.4, 0.5) is 0 Å². The summed E-state index contributed by atoms with van der Waals surface area (Å²) in [6.07, 6.45) is 10.7. The third-order valence-electron chi connectivity index (χ3n) is 3.48. The number of aromatic nitrogens is 2. The van der Waals surface area contributed by atoms with E-state index >= 15 is 0 Å². The number of carbonyl (C=O) groups is 1. The minimum Gasteiger partial charge on any atom is -0.343 e. The first kappa shape index (κ1) is 16.7. The fraction of sp³-hybridized carbons (Fsp3) is 0.750. The first-order chi connectivity index (χ1) is 9.69. The van der Waals surface area contributed by atoms with Crippen molar-refractivity contribution in [2.24, 2.45) is 0 Å². The zero-order valence-corrected chi connectivity index (χ0v) is 13.2. The van der Waals surface area contributed by atoms with Gasteiger partial charge in [-0.05, 0) is 32.6 Å². The van der Waals surface area contributed by atoms with Crippen molar-refractivity contribution in [3.05, 3.63) is 18.2 Å². The largest absolute Gasteiger partial charge is 0.343 e. The predicted octanol–water partition coefficient (Wildman–Crippen LogP) is 3.20. The minimum atomic E-state index is 0.320. The molecule has 4 nitrogen and oxygen atoms in total. The second-order valence-electron chi connectivity index (χ2n) is 5.30. The van der Waals surface area contributed by atoms with Crippen LogP contribution in [0.1, 0.15) is 58.2 Å². The van der Waals surface area contributed by atoms with Gasteiger partial charge in [0.25, 0.3) is 0 Å². The number of aryl methyl sites for hydroxylation is 2. The smallest absolute Gasteiger partial charge is 0.222 e. The van der Waals surface area contributed by atoms with Gasteiger partial charge in [-0.15, -0.1) is 0 Å². The lowest BCUT2D eigenvalue weighted by atomic mass is 10.1. The van der Waals surface area contributed by atoms with Crippen LogP contribution in [0.2, 0.25) is 0 Å². The summed E-state index contributed by atoms with van der Waals surface area (Å²) in [6.45, 7) is 9.02. The molecule has 0 aliphatic heterocycles. The summed E-state index contributed by atoms with van der Waals surface area (Å²) in [5, 5.41) is 0. The Morgan fingerprint density at radius 3 is 2.50 bits per heavy atom. The normalized spacial score (nSPS) is 10.8. The Bertz CT molecular complexity index is 381. The molecule has 0 aliphatic carbocycles. The van der Waals surface area contributed by atoms with Gasteiger partial charge in [0.15, 0.2) is 0 Å². The maximum absolute atomic E-state index is 12.1. The van der Waals surface area contributed by atoms with Gasteiger partial charge < -0.3 is 9.47 Å². The number of amides is 1. The molecule has 1 heterocycles. The van der Waals surface area contributed by atoms with Crippen LogP contribution in [0, 0.1) is 13.1 Å². The van der Waals surface area contributed by atoms with Crippen molar-refractivity contribution >= 4 is 5.91 Å². The molecule has 0 atom stereocenters. The number of rotatable bonds is 10. The Hall–Kier alpha value is -1.32. The number of nitrogens with zero attached hydrogens (tertiary/aromatic N) is 3. The average molecular weight is 278 g/mol. The summed E-state index contributed by atoms with van der Waals surface area (Å²) in [5.41, 5.74) is 0. The third kappa shape index (κ3) is 5.76. The molecule has 0 saturated carbocycles. The number of unbranched alkanes of at least 4 members (excludes halogenated alkanes) is 2. The average Bonchev–Trinajstić information content (AvgIpc) is 2.83. The van der Waals surface area contributed by atoms with Crippen LogP contribution in [0.5, 0.6) is 0 Å². The van der Waals surface area contributed by atoms with E-state index in [0.29, 0.717) is 12.3 Å². The lowest BCUT2D eigenvalue weighted by Crippen LogP contribution is -2.32. The van der Waals surface area contributed by atoms with E-state index in [0.717, 1.165) is 57.6 Å². The summed E-state index contributed by atoms with van der Waals surface area (Å²) >= 11 is 0. The van der Waals surface area contributed by atoms with Gasteiger partial charge in [-0.3, -0.25) is 4.79 Å². The number of hydrogen-bond donors (Lipinski definition) is 0. The van der Waals surface area contributed by atoms with Crippen LogP contribution >= 0.6 is 0 Å². The first-order valence-corrected chi connectivity index (χ1v) is 7.86. The Balaban J connectivity index is 2.16. The van der Waals surface area contributed by atoms with Crippen molar-refractivity contribution < 1.29 is 4.79 Å². The summed E-state index contributed by atoms with van der Waals surface area (Å²) in [7, 11) is 0. The molecule has 0 aliphatic rings. The highest BCUT2D eigenvalue weighted by atomic mass is 16.2. The number of carbonyl (C=O) groups excluding carboxylic acids is 1. The van der Waals surface area contributed by atoms with Crippen molar-refractivity contribution in [2.75, 3.05) is 13.1 Å². The van der Waals surface area contributed by atoms with Gasteiger partial charge in [0.1, 0.15) is 12.0 Å². The van der Waals surface area contributed by atoms with E-state index in [9.17, 15) is 4.79 Å². The third-order valence-corrected chi connectivity index (χ3v) is 3.48. The first-order valence-electron chi connectivity index (χ1n) is 7.86. The fourth-order valence-corrected chi connectivity index (χ4v) is 2.37. The molecule has 0 fully saturated rings. The number of imidazole rings is 1. The van der Waals surface area contributed by atoms with E-state index in [4.69, 9.17) is 0 Å². The minimum absolute atomic E-state index is 0.320. The Morgan fingerprint density at radius 2 is 1.95 bits per heavy atom. The molecule has 0 spiro atoms. The van der Waals surface area contributed by atoms with E-state index in [-0.39, 0.29) is 0 Å². The van der Waals surface area contributed by atoms with Crippen LogP contribution in [-0.4, -0.2) is 33.4 Å². The topological polar surface area (TPSA) is 38.1 Å². The van der Waals surface area contributed by atoms with Crippen molar-refractivity contribution in [2.45, 2.75) is 65.8 Å². The Labute approximate surface area is 123 Å². The zero-order valence-electron chi connectivity index (χ0n) is 13.2. The second-order valence-corrected chi connectivity index (χ2v) is 5.30. The fourth-order valence-electron chi connectivity index (χ4n) is 2.37. The molecule has 4 heteroatoms. The summed E-state index contributed by atoms with van der Waals surface area (Å²) in [4.78, 5) is 18.2. The number of hydrogen-bond acceptors (Lipinski definition) is 2. The summed E-state index contributed by atoms with van der Waals surface area (Å²) in [5.74, 6) is 1.33. The van der Waals surface area contributed by atoms with Crippen molar-refractivity contribution in [1.29, 1.82) is 0 Å². The lowest BCUT2D eigenvalue weighted by molar-refractivity contribution is -0.131. The van der Waals surface area contributed by atoms with Crippen LogP contribution in [0.25, 0.3) is 0 Å². The molecule has 0 N–H and O–H groups in total. The van der Waals surface area contributed by atoms with E-state index < -0.39 is 0 Å². The highest BCUT2D eigenvalue weighted by Crippen LogP contribution is 2.07. The van der Waals surface area contributed by atoms with Crippen LogP contribution in [-0.2, 0) is 11.3 Å². The zero-order chi connectivity index (χ0) is 14.8. The van der Waals surface area contributed by atoms with Gasteiger partial charge in [-0.25, -0.2) is 4.98 Å². The van der Waals surface area contributed by atoms with Gasteiger partial charge in [0.2, 0.25) is 5.91 Å². The van der Waals surface area contributed by atoms with Crippen molar-refractivity contribution in [3.8, 4) is 0 Å². The quantitative estimate of drug-likeness (QED) is 0.616. The van der Waals surface area contributed by atoms with E-state index in [2.05, 4.69) is 29.6 Å². The van der Waals surface area contributed by atoms with Gasteiger partial charge in [-0.1, -0.05) is 20.3 Å². The molecule has 20 heavy (non-hydrogen) atoms. The molecule has 1 aromatic heterocycles. The van der Waals surface area contributed by atoms with Crippen LogP contribution < -0.4 is 0 Å². The maximum atomic E-state index is 12.1. The Kier molecular flexibility index (Phi) is 8.00. The van der Waals surface area contributed by atoms with Crippen LogP contribution in [0.3, 0.4) is 0 Å². The molecular weight excluding hydrogens is 250 g/mol. The summed E-state index contributed by atoms with van der Waals surface area (Å²) < 4.78 is 2.11. The highest BCUT2D eigenvalue weighted by molar-refractivity contribution is 5.76. The van der Waals surface area contributed by atoms with E-state index in [1.165, 1.54) is 0 Å². The lowest BCUT2D eigenvalue weighted by Gasteiger charge is -2.21. The van der Waals surface area contributed by atoms with E-state index in [1.807, 2.05) is 18.0 Å². The molecule has 1 amide bonds. The van der Waals surface area contributed by atoms with Crippen molar-refractivity contribution in [1.82, 2.24) is 14.5 Å². The van der Waals surface area contributed by atoms with Gasteiger partial charge in [0, 0.05) is 32.3 Å². The maximum Gasteiger partial charge on any atom is 0.222 e. The molecule has 0 saturated heterocycles. The molecular formula is C16H28N3O. The SMILES string of the molecule is CCCN(CCC)C(=O)CCCCCn1c[c]nc1C. The van der Waals surface area contributed by atoms with Gasteiger partial charge in [0.05, 0.1) is 0 Å². The standard InChI is InChI=1S/C16H28N3O/c1-4-11-19(12-5-2)16(20)9-7-6-8-13-18-14-10-17-15(18)3/h14H,4-9,11-13H2,1-3H3. The van der Waals surface area contributed by atoms with Crippen molar-refractivity contribution in [3.63, 3.8) is 0 Å². The molecule has 1 aromatic rings. The van der Waals surface area contributed by atoms with Crippen LogP contribution in [0.15, 0.2) is 6.20 Å². The molecule has 0 bridgehead atoms. The second kappa shape index (κ2) is 9.56. The molecule has 0 aromatic carbocycles. The van der Waals surface area contributed by atoms with Gasteiger partial charge >= 0.3 is 0 Å². The summed E-state index contributed by atoms with van der Waals surface area (Å²) in [6, 6.07) is 0.